The number of pyridine rings is 1. The minimum absolute atomic E-state index is 0.882. The van der Waals surface area contributed by atoms with Gasteiger partial charge in [-0.15, -0.1) is 11.3 Å². The Morgan fingerprint density at radius 1 is 1.39 bits per heavy atom. The third-order valence-electron chi connectivity index (χ3n) is 3.10. The van der Waals surface area contributed by atoms with Gasteiger partial charge in [-0.3, -0.25) is 4.98 Å². The number of aromatic nitrogens is 2. The first-order valence-corrected chi connectivity index (χ1v) is 7.22. The average molecular weight is 259 g/mol. The molecule has 2 aromatic rings. The summed E-state index contributed by atoms with van der Waals surface area (Å²) >= 11 is 1.73. The maximum absolute atomic E-state index is 4.53. The largest absolute Gasteiger partial charge is 0.310 e. The van der Waals surface area contributed by atoms with E-state index in [2.05, 4.69) is 15.3 Å². The summed E-state index contributed by atoms with van der Waals surface area (Å²) in [5.41, 5.74) is 2.08. The van der Waals surface area contributed by atoms with E-state index in [-0.39, 0.29) is 0 Å². The number of rotatable bonds is 5. The van der Waals surface area contributed by atoms with Crippen LogP contribution in [0.15, 0.2) is 24.4 Å². The van der Waals surface area contributed by atoms with Gasteiger partial charge in [0.2, 0.25) is 0 Å². The normalized spacial score (nSPS) is 14.9. The van der Waals surface area contributed by atoms with E-state index in [9.17, 15) is 0 Å². The lowest BCUT2D eigenvalue weighted by molar-refractivity contribution is 0.637. The van der Waals surface area contributed by atoms with E-state index in [1.165, 1.54) is 12.8 Å². The zero-order valence-corrected chi connectivity index (χ0v) is 11.3. The van der Waals surface area contributed by atoms with E-state index in [4.69, 9.17) is 0 Å². The summed E-state index contributed by atoms with van der Waals surface area (Å²) in [7, 11) is 0. The fourth-order valence-corrected chi connectivity index (χ4v) is 2.75. The molecule has 2 aromatic heterocycles. The van der Waals surface area contributed by atoms with Gasteiger partial charge < -0.3 is 5.32 Å². The van der Waals surface area contributed by atoms with Gasteiger partial charge in [-0.1, -0.05) is 6.07 Å². The summed E-state index contributed by atoms with van der Waals surface area (Å²) in [6, 6.07) is 6.10. The van der Waals surface area contributed by atoms with E-state index >= 15 is 0 Å². The molecule has 1 fully saturated rings. The Hall–Kier alpha value is -1.26. The first kappa shape index (κ1) is 11.8. The quantitative estimate of drug-likeness (QED) is 0.897. The molecule has 2 heterocycles. The maximum Gasteiger partial charge on any atom is 0.107 e. The molecule has 0 unspecified atom stereocenters. The van der Waals surface area contributed by atoms with Crippen molar-refractivity contribution in [2.45, 2.75) is 26.3 Å². The molecule has 0 saturated heterocycles. The molecule has 1 aliphatic rings. The molecule has 4 heteroatoms. The third kappa shape index (κ3) is 2.94. The van der Waals surface area contributed by atoms with Crippen molar-refractivity contribution in [1.29, 1.82) is 0 Å². The lowest BCUT2D eigenvalue weighted by Gasteiger charge is -1.99. The highest BCUT2D eigenvalue weighted by molar-refractivity contribution is 7.15. The Balaban J connectivity index is 1.64. The van der Waals surface area contributed by atoms with E-state index in [1.807, 2.05) is 31.3 Å². The van der Waals surface area contributed by atoms with Crippen molar-refractivity contribution >= 4 is 11.3 Å². The molecule has 3 rings (SSSR count). The van der Waals surface area contributed by atoms with Gasteiger partial charge in [-0.05, 0) is 44.4 Å². The molecule has 0 amide bonds. The highest BCUT2D eigenvalue weighted by Gasteiger charge is 2.20. The molecule has 18 heavy (non-hydrogen) atoms. The zero-order valence-electron chi connectivity index (χ0n) is 10.5. The van der Waals surface area contributed by atoms with Crippen LogP contribution in [0.1, 0.15) is 23.5 Å². The Bertz CT molecular complexity index is 531. The fraction of sp³-hybridized carbons (Fsp3) is 0.429. The van der Waals surface area contributed by atoms with Crippen molar-refractivity contribution in [3.63, 3.8) is 0 Å². The molecule has 0 atom stereocenters. The van der Waals surface area contributed by atoms with Crippen LogP contribution in [-0.4, -0.2) is 16.5 Å². The second-order valence-corrected chi connectivity index (χ2v) is 5.97. The van der Waals surface area contributed by atoms with Gasteiger partial charge in [0.25, 0.3) is 0 Å². The molecule has 0 aliphatic heterocycles. The number of aryl methyl sites for hydroxylation is 1. The lowest BCUT2D eigenvalue weighted by Crippen LogP contribution is -2.15. The van der Waals surface area contributed by atoms with Gasteiger partial charge >= 0.3 is 0 Å². The molecule has 0 spiro atoms. The molecule has 0 aromatic carbocycles. The minimum Gasteiger partial charge on any atom is -0.310 e. The molecule has 0 radical (unpaired) electrons. The predicted octanol–water partition coefficient (Wildman–Crippen LogP) is 3.01. The second kappa shape index (κ2) is 5.16. The van der Waals surface area contributed by atoms with Crippen molar-refractivity contribution in [2.24, 2.45) is 5.92 Å². The average Bonchev–Trinajstić information content (AvgIpc) is 3.06. The number of hydrogen-bond acceptors (Lipinski definition) is 4. The van der Waals surface area contributed by atoms with Gasteiger partial charge in [0, 0.05) is 18.4 Å². The van der Waals surface area contributed by atoms with Crippen LogP contribution in [0.3, 0.4) is 0 Å². The summed E-state index contributed by atoms with van der Waals surface area (Å²) < 4.78 is 0. The van der Waals surface area contributed by atoms with Crippen LogP contribution >= 0.6 is 11.3 Å². The molecule has 94 valence electrons. The van der Waals surface area contributed by atoms with Crippen molar-refractivity contribution in [3.05, 3.63) is 35.1 Å². The minimum atomic E-state index is 0.882. The Morgan fingerprint density at radius 3 is 3.06 bits per heavy atom. The topological polar surface area (TPSA) is 37.8 Å². The SMILES string of the molecule is Cc1cccc(-c2cnc(CNCC3CC3)s2)n1. The maximum atomic E-state index is 4.53. The van der Waals surface area contributed by atoms with Crippen molar-refractivity contribution in [2.75, 3.05) is 6.54 Å². The Labute approximate surface area is 111 Å². The Kier molecular flexibility index (Phi) is 3.39. The van der Waals surface area contributed by atoms with Gasteiger partial charge in [-0.2, -0.15) is 0 Å². The van der Waals surface area contributed by atoms with E-state index in [0.717, 1.165) is 40.3 Å². The summed E-state index contributed by atoms with van der Waals surface area (Å²) in [6.07, 6.45) is 4.72. The number of nitrogens with one attached hydrogen (secondary N) is 1. The summed E-state index contributed by atoms with van der Waals surface area (Å²) in [6.45, 7) is 4.03. The van der Waals surface area contributed by atoms with E-state index in [0.29, 0.717) is 0 Å². The predicted molar refractivity (Wildman–Crippen MR) is 74.5 cm³/mol. The van der Waals surface area contributed by atoms with Crippen molar-refractivity contribution < 1.29 is 0 Å². The molecule has 3 nitrogen and oxygen atoms in total. The standard InChI is InChI=1S/C14H17N3S/c1-10-3-2-4-12(17-10)13-8-16-14(18-13)9-15-7-11-5-6-11/h2-4,8,11,15H,5-7,9H2,1H3. The first-order valence-electron chi connectivity index (χ1n) is 6.41. The fourth-order valence-electron chi connectivity index (χ4n) is 1.90. The van der Waals surface area contributed by atoms with Crippen LogP contribution in [0.25, 0.3) is 10.6 Å². The highest BCUT2D eigenvalue weighted by atomic mass is 32.1. The Morgan fingerprint density at radius 2 is 2.28 bits per heavy atom. The van der Waals surface area contributed by atoms with Crippen LogP contribution in [0.2, 0.25) is 0 Å². The number of hydrogen-bond donors (Lipinski definition) is 1. The van der Waals surface area contributed by atoms with Crippen LogP contribution in [0.5, 0.6) is 0 Å². The van der Waals surface area contributed by atoms with Crippen LogP contribution < -0.4 is 5.32 Å². The summed E-state index contributed by atoms with van der Waals surface area (Å²) in [5.74, 6) is 0.919. The molecule has 0 bridgehead atoms. The summed E-state index contributed by atoms with van der Waals surface area (Å²) in [4.78, 5) is 10.1. The number of thiazole rings is 1. The van der Waals surface area contributed by atoms with Gasteiger partial charge in [0.15, 0.2) is 0 Å². The monoisotopic (exact) mass is 259 g/mol. The molecule has 1 N–H and O–H groups in total. The van der Waals surface area contributed by atoms with Gasteiger partial charge in [-0.25, -0.2) is 4.98 Å². The van der Waals surface area contributed by atoms with Crippen molar-refractivity contribution in [3.8, 4) is 10.6 Å². The van der Waals surface area contributed by atoms with E-state index < -0.39 is 0 Å². The first-order chi connectivity index (χ1) is 8.81. The third-order valence-corrected chi connectivity index (χ3v) is 4.12. The van der Waals surface area contributed by atoms with Gasteiger partial charge in [0.1, 0.15) is 5.01 Å². The molecular formula is C14H17N3S. The molecule has 1 aliphatic carbocycles. The summed E-state index contributed by atoms with van der Waals surface area (Å²) in [5, 5.41) is 4.61. The van der Waals surface area contributed by atoms with Crippen LogP contribution in [0, 0.1) is 12.8 Å². The smallest absolute Gasteiger partial charge is 0.107 e. The highest BCUT2D eigenvalue weighted by Crippen LogP contribution is 2.28. The zero-order chi connectivity index (χ0) is 12.4. The number of nitrogens with zero attached hydrogens (tertiary/aromatic N) is 2. The van der Waals surface area contributed by atoms with Crippen LogP contribution in [-0.2, 0) is 6.54 Å². The molecule has 1 saturated carbocycles. The van der Waals surface area contributed by atoms with Crippen molar-refractivity contribution in [1.82, 2.24) is 15.3 Å². The second-order valence-electron chi connectivity index (χ2n) is 4.86. The van der Waals surface area contributed by atoms with Crippen LogP contribution in [0.4, 0.5) is 0 Å². The van der Waals surface area contributed by atoms with E-state index in [1.54, 1.807) is 11.3 Å². The lowest BCUT2D eigenvalue weighted by atomic mass is 10.3. The van der Waals surface area contributed by atoms with Gasteiger partial charge in [0.05, 0.1) is 10.6 Å². The molecular weight excluding hydrogens is 242 g/mol.